The van der Waals surface area contributed by atoms with E-state index in [1.165, 1.54) is 11.1 Å². The predicted molar refractivity (Wildman–Crippen MR) is 119 cm³/mol. The van der Waals surface area contributed by atoms with Crippen molar-refractivity contribution >= 4 is 11.8 Å². The lowest BCUT2D eigenvalue weighted by atomic mass is 10.1. The highest BCUT2D eigenvalue weighted by Gasteiger charge is 1.98. The van der Waals surface area contributed by atoms with Gasteiger partial charge in [0.1, 0.15) is 5.76 Å². The largest absolute Gasteiger partial charge is 0.472 e. The van der Waals surface area contributed by atoms with Crippen molar-refractivity contribution in [3.8, 4) is 0 Å². The predicted octanol–water partition coefficient (Wildman–Crippen LogP) is 6.18. The second-order valence-electron chi connectivity index (χ2n) is 6.28. The van der Waals surface area contributed by atoms with E-state index in [0.717, 1.165) is 36.5 Å². The molecule has 1 aromatic carbocycles. The number of rotatable bonds is 6. The van der Waals surface area contributed by atoms with Gasteiger partial charge in [0.15, 0.2) is 0 Å². The van der Waals surface area contributed by atoms with E-state index in [-0.39, 0.29) is 0 Å². The summed E-state index contributed by atoms with van der Waals surface area (Å²) in [5, 5.41) is 0. The van der Waals surface area contributed by atoms with Crippen molar-refractivity contribution < 1.29 is 8.83 Å². The molecule has 0 atom stereocenters. The van der Waals surface area contributed by atoms with E-state index >= 15 is 0 Å². The number of nitrogens with zero attached hydrogens (tertiary/aromatic N) is 1. The Morgan fingerprint density at radius 3 is 2.50 bits per heavy atom. The smallest absolute Gasteiger partial charge is 0.117 e. The number of aryl methyl sites for hydroxylation is 1. The highest BCUT2D eigenvalue weighted by atomic mass is 16.3. The van der Waals surface area contributed by atoms with E-state index in [0.29, 0.717) is 0 Å². The lowest BCUT2D eigenvalue weighted by Crippen LogP contribution is -2.15. The van der Waals surface area contributed by atoms with Crippen LogP contribution in [0.15, 0.2) is 70.1 Å². The molecule has 28 heavy (non-hydrogen) atoms. The van der Waals surface area contributed by atoms with Crippen LogP contribution >= 0.6 is 0 Å². The molecule has 0 fully saturated rings. The minimum Gasteiger partial charge on any atom is -0.472 e. The van der Waals surface area contributed by atoms with Crippen LogP contribution < -0.4 is 5.73 Å². The van der Waals surface area contributed by atoms with Crippen molar-refractivity contribution in [2.24, 2.45) is 0 Å². The van der Waals surface area contributed by atoms with Crippen molar-refractivity contribution in [3.63, 3.8) is 0 Å². The topological polar surface area (TPSA) is 55.5 Å². The van der Waals surface area contributed by atoms with Crippen LogP contribution in [0, 0.1) is 6.92 Å². The summed E-state index contributed by atoms with van der Waals surface area (Å²) in [6, 6.07) is 11.9. The molecule has 0 amide bonds. The van der Waals surface area contributed by atoms with Gasteiger partial charge in [-0.3, -0.25) is 4.90 Å². The number of furan rings is 2. The Hall–Kier alpha value is -2.72. The van der Waals surface area contributed by atoms with Crippen LogP contribution in [0.3, 0.4) is 0 Å². The summed E-state index contributed by atoms with van der Waals surface area (Å²) >= 11 is 0. The first kappa shape index (κ1) is 23.3. The van der Waals surface area contributed by atoms with E-state index in [2.05, 4.69) is 44.0 Å². The lowest BCUT2D eigenvalue weighted by Gasteiger charge is -2.10. The Morgan fingerprint density at radius 1 is 1.11 bits per heavy atom. The number of benzene rings is 1. The summed E-state index contributed by atoms with van der Waals surface area (Å²) in [4.78, 5) is 2.19. The van der Waals surface area contributed by atoms with E-state index in [9.17, 15) is 0 Å². The third kappa shape index (κ3) is 8.78. The van der Waals surface area contributed by atoms with Crippen LogP contribution in [0.25, 0.3) is 6.08 Å². The van der Waals surface area contributed by atoms with Crippen molar-refractivity contribution in [3.05, 3.63) is 83.7 Å². The van der Waals surface area contributed by atoms with E-state index < -0.39 is 0 Å². The molecular weight excluding hydrogens is 348 g/mol. The molecule has 0 bridgehead atoms. The Bertz CT molecular complexity index is 775. The second kappa shape index (κ2) is 13.4. The average Bonchev–Trinajstić information content (AvgIpc) is 3.41. The van der Waals surface area contributed by atoms with Crippen LogP contribution in [-0.4, -0.2) is 18.5 Å². The summed E-state index contributed by atoms with van der Waals surface area (Å²) in [6.45, 7) is 10.2. The third-order valence-electron chi connectivity index (χ3n) is 4.02. The Morgan fingerprint density at radius 2 is 1.89 bits per heavy atom. The molecule has 4 nitrogen and oxygen atoms in total. The van der Waals surface area contributed by atoms with Crippen LogP contribution in [0.2, 0.25) is 0 Å². The zero-order valence-corrected chi connectivity index (χ0v) is 17.8. The third-order valence-corrected chi connectivity index (χ3v) is 4.02. The monoisotopic (exact) mass is 382 g/mol. The fourth-order valence-electron chi connectivity index (χ4n) is 2.35. The van der Waals surface area contributed by atoms with Crippen molar-refractivity contribution in [1.82, 2.24) is 4.90 Å². The molecular formula is C24H34N2O2. The molecule has 3 rings (SSSR count). The van der Waals surface area contributed by atoms with Gasteiger partial charge in [0.2, 0.25) is 0 Å². The zero-order chi connectivity index (χ0) is 20.8. The SMILES string of the molecule is CC.CCN(C)Cc1ccco1.Cc1ccc(N)c(/C=C/Cc2ccoc2)c1. The average molecular weight is 383 g/mol. The molecule has 0 saturated heterocycles. The van der Waals surface area contributed by atoms with Gasteiger partial charge in [-0.2, -0.15) is 0 Å². The van der Waals surface area contributed by atoms with Gasteiger partial charge in [0, 0.05) is 5.69 Å². The van der Waals surface area contributed by atoms with Gasteiger partial charge >= 0.3 is 0 Å². The molecule has 0 saturated carbocycles. The number of allylic oxidation sites excluding steroid dienone is 1. The van der Waals surface area contributed by atoms with Gasteiger partial charge in [0.25, 0.3) is 0 Å². The maximum Gasteiger partial charge on any atom is 0.117 e. The number of hydrogen-bond donors (Lipinski definition) is 1. The van der Waals surface area contributed by atoms with Gasteiger partial charge in [-0.25, -0.2) is 0 Å². The van der Waals surface area contributed by atoms with Crippen molar-refractivity contribution in [1.29, 1.82) is 0 Å². The van der Waals surface area contributed by atoms with E-state index in [1.54, 1.807) is 18.8 Å². The van der Waals surface area contributed by atoms with Gasteiger partial charge < -0.3 is 14.6 Å². The summed E-state index contributed by atoms with van der Waals surface area (Å²) in [5.41, 5.74) is 10.2. The molecule has 0 spiro atoms. The fraction of sp³-hybridized carbons (Fsp3) is 0.333. The highest BCUT2D eigenvalue weighted by molar-refractivity contribution is 5.65. The van der Waals surface area contributed by atoms with Crippen molar-refractivity contribution in [2.45, 2.75) is 40.7 Å². The molecule has 0 aliphatic heterocycles. The molecule has 2 heterocycles. The molecule has 2 N–H and O–H groups in total. The van der Waals surface area contributed by atoms with Gasteiger partial charge in [-0.1, -0.05) is 44.6 Å². The van der Waals surface area contributed by atoms with Gasteiger partial charge in [-0.15, -0.1) is 0 Å². The van der Waals surface area contributed by atoms with E-state index in [4.69, 9.17) is 14.6 Å². The molecule has 3 aromatic rings. The quantitative estimate of drug-likeness (QED) is 0.517. The molecule has 152 valence electrons. The van der Waals surface area contributed by atoms with Crippen LogP contribution in [0.5, 0.6) is 0 Å². The van der Waals surface area contributed by atoms with Crippen LogP contribution in [-0.2, 0) is 13.0 Å². The van der Waals surface area contributed by atoms with E-state index in [1.807, 2.05) is 44.2 Å². The van der Waals surface area contributed by atoms with Crippen LogP contribution in [0.1, 0.15) is 43.2 Å². The number of anilines is 1. The fourth-order valence-corrected chi connectivity index (χ4v) is 2.35. The molecule has 4 heteroatoms. The zero-order valence-electron chi connectivity index (χ0n) is 17.8. The number of nitrogens with two attached hydrogens (primary N) is 1. The molecule has 0 radical (unpaired) electrons. The Labute approximate surface area is 169 Å². The summed E-state index contributed by atoms with van der Waals surface area (Å²) in [5.74, 6) is 1.03. The first-order valence-electron chi connectivity index (χ1n) is 9.83. The molecule has 0 aliphatic carbocycles. The maximum atomic E-state index is 5.88. The Balaban J connectivity index is 0.000000281. The minimum absolute atomic E-state index is 0.814. The van der Waals surface area contributed by atoms with Crippen LogP contribution in [0.4, 0.5) is 5.69 Å². The molecule has 0 unspecified atom stereocenters. The molecule has 2 aromatic heterocycles. The lowest BCUT2D eigenvalue weighted by molar-refractivity contribution is 0.309. The maximum absolute atomic E-state index is 5.88. The summed E-state index contributed by atoms with van der Waals surface area (Å²) in [6.07, 6.45) is 10.2. The first-order valence-corrected chi connectivity index (χ1v) is 9.83. The highest BCUT2D eigenvalue weighted by Crippen LogP contribution is 2.15. The standard InChI is InChI=1S/C14H15NO.C8H13NO.C2H6/c1-11-5-6-14(15)13(9-11)4-2-3-12-7-8-16-10-12;1-3-9(2)7-8-5-4-6-10-8;1-2/h2,4-10H,3,15H2,1H3;4-6H,3,7H2,1-2H3;1-2H3/b4-2+;;. The second-order valence-corrected chi connectivity index (χ2v) is 6.28. The number of hydrogen-bond acceptors (Lipinski definition) is 4. The first-order chi connectivity index (χ1) is 13.6. The van der Waals surface area contributed by atoms with Gasteiger partial charge in [0.05, 0.1) is 25.3 Å². The number of nitrogen functional groups attached to an aromatic ring is 1. The summed E-state index contributed by atoms with van der Waals surface area (Å²) in [7, 11) is 2.07. The normalized spacial score (nSPS) is 10.4. The van der Waals surface area contributed by atoms with Crippen molar-refractivity contribution in [2.75, 3.05) is 19.3 Å². The van der Waals surface area contributed by atoms with Gasteiger partial charge in [-0.05, 0) is 68.4 Å². The Kier molecular flexibility index (Phi) is 11.2. The molecule has 0 aliphatic rings. The summed E-state index contributed by atoms with van der Waals surface area (Å²) < 4.78 is 10.2. The minimum atomic E-state index is 0.814.